The highest BCUT2D eigenvalue weighted by Gasteiger charge is 2.22. The number of nitrogens with one attached hydrogen (secondary N) is 1. The standard InChI is InChI=1S/C16H36N2/c1-6-8-11-14(17)12-9-13-18-15(10-7-2)16(3,4)5/h14-15,18H,6-13,17H2,1-5H3. The van der Waals surface area contributed by atoms with E-state index in [4.69, 9.17) is 5.73 Å². The molecule has 0 aliphatic heterocycles. The van der Waals surface area contributed by atoms with Crippen molar-refractivity contribution >= 4 is 0 Å². The third kappa shape index (κ3) is 8.93. The first-order chi connectivity index (χ1) is 8.41. The van der Waals surface area contributed by atoms with Gasteiger partial charge in [-0.15, -0.1) is 0 Å². The molecule has 0 aromatic rings. The maximum absolute atomic E-state index is 6.09. The second-order valence-corrected chi connectivity index (χ2v) is 6.71. The van der Waals surface area contributed by atoms with Gasteiger partial charge in [0.05, 0.1) is 0 Å². The Morgan fingerprint density at radius 2 is 1.56 bits per heavy atom. The van der Waals surface area contributed by atoms with Gasteiger partial charge < -0.3 is 11.1 Å². The van der Waals surface area contributed by atoms with Gasteiger partial charge in [-0.3, -0.25) is 0 Å². The van der Waals surface area contributed by atoms with Crippen LogP contribution in [0.4, 0.5) is 0 Å². The van der Waals surface area contributed by atoms with Crippen molar-refractivity contribution in [3.63, 3.8) is 0 Å². The fraction of sp³-hybridized carbons (Fsp3) is 1.00. The van der Waals surface area contributed by atoms with Crippen LogP contribution in [0, 0.1) is 5.41 Å². The van der Waals surface area contributed by atoms with E-state index in [-0.39, 0.29) is 0 Å². The highest BCUT2D eigenvalue weighted by Crippen LogP contribution is 2.22. The number of hydrogen-bond acceptors (Lipinski definition) is 2. The first kappa shape index (κ1) is 17.9. The van der Waals surface area contributed by atoms with Crippen LogP contribution in [0.15, 0.2) is 0 Å². The highest BCUT2D eigenvalue weighted by atomic mass is 14.9. The summed E-state index contributed by atoms with van der Waals surface area (Å²) in [6.45, 7) is 12.6. The van der Waals surface area contributed by atoms with E-state index in [1.807, 2.05) is 0 Å². The summed E-state index contributed by atoms with van der Waals surface area (Å²) < 4.78 is 0. The Morgan fingerprint density at radius 3 is 2.06 bits per heavy atom. The zero-order chi connectivity index (χ0) is 14.0. The second kappa shape index (κ2) is 9.80. The fourth-order valence-electron chi connectivity index (χ4n) is 2.38. The summed E-state index contributed by atoms with van der Waals surface area (Å²) in [7, 11) is 0. The molecule has 110 valence electrons. The summed E-state index contributed by atoms with van der Waals surface area (Å²) in [6.07, 6.45) is 8.62. The summed E-state index contributed by atoms with van der Waals surface area (Å²) in [5.74, 6) is 0. The number of unbranched alkanes of at least 4 members (excludes halogenated alkanes) is 1. The quantitative estimate of drug-likeness (QED) is 0.578. The van der Waals surface area contributed by atoms with Crippen molar-refractivity contribution < 1.29 is 0 Å². The first-order valence-electron chi connectivity index (χ1n) is 7.90. The highest BCUT2D eigenvalue weighted by molar-refractivity contribution is 4.80. The maximum atomic E-state index is 6.09. The van der Waals surface area contributed by atoms with Crippen LogP contribution in [-0.4, -0.2) is 18.6 Å². The zero-order valence-corrected chi connectivity index (χ0v) is 13.4. The normalized spacial score (nSPS) is 15.7. The molecule has 0 aliphatic carbocycles. The van der Waals surface area contributed by atoms with Gasteiger partial charge in [-0.05, 0) is 37.6 Å². The molecule has 0 radical (unpaired) electrons. The van der Waals surface area contributed by atoms with Gasteiger partial charge in [-0.25, -0.2) is 0 Å². The topological polar surface area (TPSA) is 38.0 Å². The average molecular weight is 256 g/mol. The van der Waals surface area contributed by atoms with Crippen LogP contribution >= 0.6 is 0 Å². The molecular formula is C16H36N2. The molecule has 0 bridgehead atoms. The molecule has 2 atom stereocenters. The van der Waals surface area contributed by atoms with Gasteiger partial charge in [-0.1, -0.05) is 53.9 Å². The molecule has 18 heavy (non-hydrogen) atoms. The predicted molar refractivity (Wildman–Crippen MR) is 82.9 cm³/mol. The molecular weight excluding hydrogens is 220 g/mol. The van der Waals surface area contributed by atoms with E-state index in [2.05, 4.69) is 39.9 Å². The van der Waals surface area contributed by atoms with Gasteiger partial charge in [0.1, 0.15) is 0 Å². The minimum Gasteiger partial charge on any atom is -0.328 e. The van der Waals surface area contributed by atoms with Crippen molar-refractivity contribution in [1.82, 2.24) is 5.32 Å². The van der Waals surface area contributed by atoms with Crippen molar-refractivity contribution in [2.45, 2.75) is 91.6 Å². The van der Waals surface area contributed by atoms with Crippen LogP contribution in [0.25, 0.3) is 0 Å². The Labute approximate surface area is 115 Å². The van der Waals surface area contributed by atoms with Crippen LogP contribution < -0.4 is 11.1 Å². The van der Waals surface area contributed by atoms with E-state index in [1.165, 1.54) is 38.5 Å². The molecule has 0 aliphatic rings. The van der Waals surface area contributed by atoms with Gasteiger partial charge in [0.25, 0.3) is 0 Å². The summed E-state index contributed by atoms with van der Waals surface area (Å²) in [4.78, 5) is 0. The van der Waals surface area contributed by atoms with Crippen LogP contribution in [-0.2, 0) is 0 Å². The molecule has 0 rings (SSSR count). The van der Waals surface area contributed by atoms with Crippen molar-refractivity contribution in [2.75, 3.05) is 6.54 Å². The van der Waals surface area contributed by atoms with E-state index < -0.39 is 0 Å². The third-order valence-electron chi connectivity index (χ3n) is 3.69. The fourth-order valence-corrected chi connectivity index (χ4v) is 2.38. The molecule has 2 heteroatoms. The van der Waals surface area contributed by atoms with Gasteiger partial charge in [-0.2, -0.15) is 0 Å². The van der Waals surface area contributed by atoms with Crippen LogP contribution in [0.2, 0.25) is 0 Å². The monoisotopic (exact) mass is 256 g/mol. The maximum Gasteiger partial charge on any atom is 0.0115 e. The lowest BCUT2D eigenvalue weighted by Gasteiger charge is -2.31. The van der Waals surface area contributed by atoms with Crippen LogP contribution in [0.3, 0.4) is 0 Å². The van der Waals surface area contributed by atoms with Crippen molar-refractivity contribution in [1.29, 1.82) is 0 Å². The molecule has 3 N–H and O–H groups in total. The summed E-state index contributed by atoms with van der Waals surface area (Å²) in [5.41, 5.74) is 6.45. The molecule has 2 unspecified atom stereocenters. The van der Waals surface area contributed by atoms with Gasteiger partial charge in [0.2, 0.25) is 0 Å². The first-order valence-corrected chi connectivity index (χ1v) is 7.90. The molecule has 0 saturated carbocycles. The summed E-state index contributed by atoms with van der Waals surface area (Å²) in [6, 6.07) is 1.04. The van der Waals surface area contributed by atoms with E-state index in [1.54, 1.807) is 0 Å². The SMILES string of the molecule is CCCCC(N)CCCNC(CCC)C(C)(C)C. The minimum atomic E-state index is 0.361. The molecule has 0 amide bonds. The van der Waals surface area contributed by atoms with E-state index in [0.717, 1.165) is 13.0 Å². The molecule has 2 nitrogen and oxygen atoms in total. The smallest absolute Gasteiger partial charge is 0.0115 e. The second-order valence-electron chi connectivity index (χ2n) is 6.71. The van der Waals surface area contributed by atoms with E-state index >= 15 is 0 Å². The number of rotatable bonds is 10. The zero-order valence-electron chi connectivity index (χ0n) is 13.4. The molecule has 0 heterocycles. The molecule has 0 fully saturated rings. The Morgan fingerprint density at radius 1 is 0.944 bits per heavy atom. The van der Waals surface area contributed by atoms with Crippen LogP contribution in [0.5, 0.6) is 0 Å². The third-order valence-corrected chi connectivity index (χ3v) is 3.69. The average Bonchev–Trinajstić information content (AvgIpc) is 2.29. The van der Waals surface area contributed by atoms with E-state index in [9.17, 15) is 0 Å². The van der Waals surface area contributed by atoms with Gasteiger partial charge >= 0.3 is 0 Å². The van der Waals surface area contributed by atoms with Crippen molar-refractivity contribution in [3.8, 4) is 0 Å². The van der Waals surface area contributed by atoms with Crippen LogP contribution in [0.1, 0.15) is 79.6 Å². The molecule has 0 aromatic heterocycles. The Kier molecular flexibility index (Phi) is 9.76. The Hall–Kier alpha value is -0.0800. The van der Waals surface area contributed by atoms with Gasteiger partial charge in [0.15, 0.2) is 0 Å². The largest absolute Gasteiger partial charge is 0.328 e. The van der Waals surface area contributed by atoms with Crippen molar-refractivity contribution in [2.24, 2.45) is 11.1 Å². The molecule has 0 saturated heterocycles. The van der Waals surface area contributed by atoms with E-state index in [0.29, 0.717) is 17.5 Å². The molecule has 0 aromatic carbocycles. The Bertz CT molecular complexity index is 184. The lowest BCUT2D eigenvalue weighted by Crippen LogP contribution is -2.40. The number of hydrogen-bond donors (Lipinski definition) is 2. The minimum absolute atomic E-state index is 0.361. The lowest BCUT2D eigenvalue weighted by atomic mass is 9.84. The number of nitrogens with two attached hydrogens (primary N) is 1. The summed E-state index contributed by atoms with van der Waals surface area (Å²) >= 11 is 0. The summed E-state index contributed by atoms with van der Waals surface area (Å²) in [5, 5.41) is 3.72. The predicted octanol–water partition coefficient (Wildman–Crippen LogP) is 4.09. The lowest BCUT2D eigenvalue weighted by molar-refractivity contribution is 0.251. The van der Waals surface area contributed by atoms with Crippen molar-refractivity contribution in [3.05, 3.63) is 0 Å². The molecule has 0 spiro atoms. The van der Waals surface area contributed by atoms with Gasteiger partial charge in [0, 0.05) is 12.1 Å². The Balaban J connectivity index is 3.73.